The predicted molar refractivity (Wildman–Crippen MR) is 166 cm³/mol. The number of benzene rings is 2. The molecule has 2 aromatic carbocycles. The van der Waals surface area contributed by atoms with Gasteiger partial charge < -0.3 is 19.6 Å². The van der Waals surface area contributed by atoms with Gasteiger partial charge in [-0.2, -0.15) is 0 Å². The lowest BCUT2D eigenvalue weighted by Gasteiger charge is -2.40. The Bertz CT molecular complexity index is 1400. The Morgan fingerprint density at radius 2 is 1.90 bits per heavy atom. The molecule has 0 saturated carbocycles. The molecule has 0 radical (unpaired) electrons. The van der Waals surface area contributed by atoms with Gasteiger partial charge in [-0.25, -0.2) is 0 Å². The highest BCUT2D eigenvalue weighted by Crippen LogP contribution is 2.72. The van der Waals surface area contributed by atoms with Gasteiger partial charge in [-0.3, -0.25) is 14.4 Å². The summed E-state index contributed by atoms with van der Waals surface area (Å²) < 4.78 is 4.17. The van der Waals surface area contributed by atoms with Crippen LogP contribution in [0.1, 0.15) is 36.5 Å². The number of anilines is 1. The fourth-order valence-corrected chi connectivity index (χ4v) is 9.68. The molecule has 3 saturated heterocycles. The summed E-state index contributed by atoms with van der Waals surface area (Å²) in [4.78, 5) is 46.5. The standard InChI is InChI=1S/C34H40N2O5S/c1-6-17-35(26-19-22(3)13-14-23(26)4)31(39)29-34-16-15-33(5,42-34)28(32(40)41-18-7-2)27(34)30(38)36(29)25(21-37)20-24-11-9-8-10-12-24/h6-14,19,25,27-29,37H,1-2,15-18,20-21H2,3-5H3/t25-,27+,28+,29?,33-,34?/m1/s1. The minimum absolute atomic E-state index is 0.0586. The second kappa shape index (κ2) is 11.7. The van der Waals surface area contributed by atoms with Crippen LogP contribution in [0.15, 0.2) is 73.8 Å². The van der Waals surface area contributed by atoms with Crippen molar-refractivity contribution in [1.29, 1.82) is 0 Å². The number of esters is 1. The van der Waals surface area contributed by atoms with Gasteiger partial charge in [-0.1, -0.05) is 61.2 Å². The highest BCUT2D eigenvalue weighted by Gasteiger charge is 2.78. The number of aryl methyl sites for hydroxylation is 2. The molecule has 0 aliphatic carbocycles. The highest BCUT2D eigenvalue weighted by atomic mass is 32.2. The van der Waals surface area contributed by atoms with E-state index in [1.54, 1.807) is 27.6 Å². The van der Waals surface area contributed by atoms with Gasteiger partial charge in [0.15, 0.2) is 0 Å². The Morgan fingerprint density at radius 3 is 2.57 bits per heavy atom. The van der Waals surface area contributed by atoms with E-state index in [0.717, 1.165) is 22.4 Å². The maximum atomic E-state index is 15.0. The van der Waals surface area contributed by atoms with E-state index in [0.29, 0.717) is 19.3 Å². The molecule has 5 rings (SSSR count). The molecule has 7 nitrogen and oxygen atoms in total. The smallest absolute Gasteiger partial charge is 0.311 e. The van der Waals surface area contributed by atoms with Crippen LogP contribution >= 0.6 is 11.8 Å². The van der Waals surface area contributed by atoms with Crippen molar-refractivity contribution >= 4 is 35.2 Å². The van der Waals surface area contributed by atoms with E-state index in [9.17, 15) is 19.5 Å². The highest BCUT2D eigenvalue weighted by molar-refractivity contribution is 8.02. The summed E-state index contributed by atoms with van der Waals surface area (Å²) in [6, 6.07) is 14.1. The number of amides is 2. The molecule has 2 amide bonds. The SMILES string of the molecule is C=CCOC(=O)[C@@H]1[C@H]2C(=O)N([C@@H](CO)Cc3ccccc3)C(C(=O)N(CC=C)c3cc(C)ccc3C)C23CC[C@@]1(C)S3. The number of rotatable bonds is 11. The van der Waals surface area contributed by atoms with Crippen molar-refractivity contribution < 1.29 is 24.2 Å². The third-order valence-corrected chi connectivity index (χ3v) is 11.2. The third kappa shape index (κ3) is 4.88. The van der Waals surface area contributed by atoms with Crippen LogP contribution in [0.5, 0.6) is 0 Å². The Hall–Kier alpha value is -3.36. The summed E-state index contributed by atoms with van der Waals surface area (Å²) >= 11 is 1.59. The minimum atomic E-state index is -0.875. The second-order valence-electron chi connectivity index (χ2n) is 11.9. The lowest BCUT2D eigenvalue weighted by atomic mass is 9.66. The van der Waals surface area contributed by atoms with E-state index < -0.39 is 39.4 Å². The molecule has 42 heavy (non-hydrogen) atoms. The molecule has 6 atom stereocenters. The number of nitrogens with zero attached hydrogens (tertiary/aromatic N) is 2. The van der Waals surface area contributed by atoms with E-state index in [2.05, 4.69) is 13.2 Å². The molecule has 2 bridgehead atoms. The van der Waals surface area contributed by atoms with Crippen LogP contribution in [0.4, 0.5) is 5.69 Å². The van der Waals surface area contributed by atoms with E-state index in [4.69, 9.17) is 4.74 Å². The lowest BCUT2D eigenvalue weighted by molar-refractivity contribution is -0.155. The van der Waals surface area contributed by atoms with Crippen molar-refractivity contribution in [3.63, 3.8) is 0 Å². The molecule has 2 aromatic rings. The van der Waals surface area contributed by atoms with Crippen molar-refractivity contribution in [2.24, 2.45) is 11.8 Å². The predicted octanol–water partition coefficient (Wildman–Crippen LogP) is 4.64. The molecular weight excluding hydrogens is 548 g/mol. The molecule has 3 aliphatic heterocycles. The van der Waals surface area contributed by atoms with Gasteiger partial charge in [-0.15, -0.1) is 18.3 Å². The average molecular weight is 589 g/mol. The van der Waals surface area contributed by atoms with Crippen LogP contribution in [0.2, 0.25) is 0 Å². The summed E-state index contributed by atoms with van der Waals surface area (Å²) in [5.41, 5.74) is 3.67. The number of aliphatic hydroxyl groups excluding tert-OH is 1. The van der Waals surface area contributed by atoms with Gasteiger partial charge in [0.2, 0.25) is 5.91 Å². The number of carbonyl (C=O) groups excluding carboxylic acids is 3. The van der Waals surface area contributed by atoms with Crippen LogP contribution in [0.25, 0.3) is 0 Å². The lowest BCUT2D eigenvalue weighted by Crippen LogP contribution is -2.58. The maximum Gasteiger partial charge on any atom is 0.311 e. The number of hydrogen-bond donors (Lipinski definition) is 1. The minimum Gasteiger partial charge on any atom is -0.461 e. The van der Waals surface area contributed by atoms with Crippen molar-refractivity contribution in [3.8, 4) is 0 Å². The van der Waals surface area contributed by atoms with Gasteiger partial charge in [0.1, 0.15) is 12.6 Å². The number of aliphatic hydroxyl groups is 1. The number of carbonyl (C=O) groups is 3. The van der Waals surface area contributed by atoms with Crippen LogP contribution in [-0.2, 0) is 25.5 Å². The first-order chi connectivity index (χ1) is 20.1. The molecular formula is C34H40N2O5S. The molecule has 3 fully saturated rings. The summed E-state index contributed by atoms with van der Waals surface area (Å²) in [6.45, 7) is 13.6. The summed E-state index contributed by atoms with van der Waals surface area (Å²) in [7, 11) is 0. The topological polar surface area (TPSA) is 87.1 Å². The number of hydrogen-bond acceptors (Lipinski definition) is 6. The van der Waals surface area contributed by atoms with Crippen LogP contribution in [0.3, 0.4) is 0 Å². The van der Waals surface area contributed by atoms with Gasteiger partial charge >= 0.3 is 5.97 Å². The number of ether oxygens (including phenoxy) is 1. The fraction of sp³-hybridized carbons (Fsp3) is 0.441. The summed E-state index contributed by atoms with van der Waals surface area (Å²) in [5, 5.41) is 10.7. The van der Waals surface area contributed by atoms with E-state index in [1.807, 2.05) is 69.3 Å². The first-order valence-electron chi connectivity index (χ1n) is 14.6. The first-order valence-corrected chi connectivity index (χ1v) is 15.4. The van der Waals surface area contributed by atoms with Crippen molar-refractivity contribution in [2.75, 3.05) is 24.7 Å². The summed E-state index contributed by atoms with van der Waals surface area (Å²) in [6.07, 6.45) is 4.89. The van der Waals surface area contributed by atoms with Gasteiger partial charge in [0.25, 0.3) is 5.91 Å². The van der Waals surface area contributed by atoms with Crippen LogP contribution < -0.4 is 4.90 Å². The van der Waals surface area contributed by atoms with E-state index in [1.165, 1.54) is 6.08 Å². The number of likely N-dealkylation sites (tertiary alicyclic amines) is 1. The molecule has 2 unspecified atom stereocenters. The Balaban J connectivity index is 1.64. The average Bonchev–Trinajstić information content (AvgIpc) is 3.55. The van der Waals surface area contributed by atoms with Gasteiger partial charge in [-0.05, 0) is 62.8 Å². The van der Waals surface area contributed by atoms with Gasteiger partial charge in [0, 0.05) is 17.0 Å². The Kier molecular flexibility index (Phi) is 8.41. The zero-order chi connectivity index (χ0) is 30.2. The number of thioether (sulfide) groups is 1. The van der Waals surface area contributed by atoms with Crippen LogP contribution in [-0.4, -0.2) is 69.1 Å². The molecule has 0 aromatic heterocycles. The quantitative estimate of drug-likeness (QED) is 0.304. The van der Waals surface area contributed by atoms with Gasteiger partial charge in [0.05, 0.1) is 29.2 Å². The van der Waals surface area contributed by atoms with E-state index in [-0.39, 0.29) is 31.6 Å². The molecule has 3 heterocycles. The Morgan fingerprint density at radius 1 is 1.17 bits per heavy atom. The van der Waals surface area contributed by atoms with Crippen LogP contribution in [0, 0.1) is 25.7 Å². The fourth-order valence-electron chi connectivity index (χ4n) is 7.36. The molecule has 3 aliphatic rings. The maximum absolute atomic E-state index is 15.0. The second-order valence-corrected chi connectivity index (χ2v) is 13.8. The molecule has 1 spiro atoms. The zero-order valence-electron chi connectivity index (χ0n) is 24.6. The normalized spacial score (nSPS) is 28.3. The largest absolute Gasteiger partial charge is 0.461 e. The molecule has 222 valence electrons. The zero-order valence-corrected chi connectivity index (χ0v) is 25.4. The summed E-state index contributed by atoms with van der Waals surface area (Å²) in [5.74, 6) is -2.35. The van der Waals surface area contributed by atoms with Crippen molar-refractivity contribution in [3.05, 3.63) is 90.5 Å². The van der Waals surface area contributed by atoms with Crippen molar-refractivity contribution in [2.45, 2.75) is 61.6 Å². The first kappa shape index (κ1) is 30.1. The van der Waals surface area contributed by atoms with Crippen molar-refractivity contribution in [1.82, 2.24) is 4.90 Å². The Labute approximate surface area is 252 Å². The van der Waals surface area contributed by atoms with E-state index >= 15 is 0 Å². The molecule has 1 N–H and O–H groups in total. The molecule has 8 heteroatoms. The monoisotopic (exact) mass is 588 g/mol. The number of fused-ring (bicyclic) bond motifs is 1. The third-order valence-electron chi connectivity index (χ3n) is 9.20.